The van der Waals surface area contributed by atoms with Crippen molar-refractivity contribution in [2.75, 3.05) is 20.3 Å². The molecule has 1 amide bonds. The second-order valence-corrected chi connectivity index (χ2v) is 3.64. The summed E-state index contributed by atoms with van der Waals surface area (Å²) < 4.78 is 10.4. The minimum Gasteiger partial charge on any atom is -0.493 e. The molecule has 94 valence electrons. The molecule has 0 unspecified atom stereocenters. The molecule has 0 aliphatic carbocycles. The number of methoxy groups -OCH3 is 1. The van der Waals surface area contributed by atoms with Gasteiger partial charge in [-0.25, -0.2) is 0 Å². The molecule has 5 heteroatoms. The Balaban J connectivity index is 2.74. The van der Waals surface area contributed by atoms with E-state index in [2.05, 4.69) is 12.2 Å². The molecule has 0 aliphatic rings. The lowest BCUT2D eigenvalue weighted by atomic mass is 10.2. The van der Waals surface area contributed by atoms with Crippen molar-refractivity contribution < 1.29 is 19.6 Å². The highest BCUT2D eigenvalue weighted by atomic mass is 16.5. The molecule has 1 rings (SSSR count). The molecule has 1 aromatic rings. The van der Waals surface area contributed by atoms with Gasteiger partial charge in [0.1, 0.15) is 6.54 Å². The van der Waals surface area contributed by atoms with Crippen molar-refractivity contribution in [2.45, 2.75) is 13.5 Å². The first-order valence-corrected chi connectivity index (χ1v) is 5.57. The Morgan fingerprint density at radius 1 is 1.41 bits per heavy atom. The van der Waals surface area contributed by atoms with Crippen LogP contribution in [0.25, 0.3) is 0 Å². The Hall–Kier alpha value is -1.75. The standard InChI is InChI=1S/C12H18N2O3/c1-3-14-7-9-4-5-10(11(6-9)16-2)17-8-12(13)15/h4-6,14H,3,7-8H2,1-2H3,(H2,13,15)/p+1. The van der Waals surface area contributed by atoms with Crippen LogP contribution in [0, 0.1) is 0 Å². The largest absolute Gasteiger partial charge is 0.493 e. The number of nitrogens with two attached hydrogens (primary N) is 2. The van der Waals surface area contributed by atoms with Crippen molar-refractivity contribution in [3.8, 4) is 11.5 Å². The molecule has 0 spiro atoms. The SMILES string of the molecule is CC[NH2+]Cc1ccc(OCC(N)=O)c(OC)c1. The molecule has 0 atom stereocenters. The lowest BCUT2D eigenvalue weighted by Crippen LogP contribution is -2.81. The van der Waals surface area contributed by atoms with Crippen LogP contribution in [0.4, 0.5) is 0 Å². The van der Waals surface area contributed by atoms with E-state index in [-0.39, 0.29) is 6.61 Å². The number of carbonyl (C=O) groups excluding carboxylic acids is 1. The number of carbonyl (C=O) groups is 1. The number of primary amides is 1. The number of quaternary nitrogens is 1. The van der Waals surface area contributed by atoms with Gasteiger partial charge in [-0.05, 0) is 25.1 Å². The highest BCUT2D eigenvalue weighted by Gasteiger charge is 2.07. The third-order valence-corrected chi connectivity index (χ3v) is 2.27. The van der Waals surface area contributed by atoms with Crippen LogP contribution in [0.5, 0.6) is 11.5 Å². The fourth-order valence-corrected chi connectivity index (χ4v) is 1.42. The molecule has 0 aliphatic heterocycles. The lowest BCUT2D eigenvalue weighted by Gasteiger charge is -2.10. The molecular formula is C12H19N2O3+. The zero-order chi connectivity index (χ0) is 12.7. The van der Waals surface area contributed by atoms with E-state index in [9.17, 15) is 4.79 Å². The fraction of sp³-hybridized carbons (Fsp3) is 0.417. The minimum atomic E-state index is -0.504. The highest BCUT2D eigenvalue weighted by molar-refractivity contribution is 5.75. The first kappa shape index (κ1) is 13.3. The van der Waals surface area contributed by atoms with Crippen LogP contribution in [0.2, 0.25) is 0 Å². The van der Waals surface area contributed by atoms with E-state index in [0.29, 0.717) is 11.5 Å². The summed E-state index contributed by atoms with van der Waals surface area (Å²) in [5.74, 6) is 0.648. The summed E-state index contributed by atoms with van der Waals surface area (Å²) >= 11 is 0. The normalized spacial score (nSPS) is 10.0. The molecule has 0 aromatic heterocycles. The maximum atomic E-state index is 10.6. The van der Waals surface area contributed by atoms with Gasteiger partial charge in [-0.1, -0.05) is 0 Å². The highest BCUT2D eigenvalue weighted by Crippen LogP contribution is 2.27. The summed E-state index contributed by atoms with van der Waals surface area (Å²) in [7, 11) is 1.57. The third-order valence-electron chi connectivity index (χ3n) is 2.27. The van der Waals surface area contributed by atoms with Crippen molar-refractivity contribution in [3.63, 3.8) is 0 Å². The van der Waals surface area contributed by atoms with E-state index in [4.69, 9.17) is 15.2 Å². The first-order valence-electron chi connectivity index (χ1n) is 5.57. The second-order valence-electron chi connectivity index (χ2n) is 3.64. The van der Waals surface area contributed by atoms with Gasteiger partial charge in [-0.15, -0.1) is 0 Å². The summed E-state index contributed by atoms with van der Waals surface area (Å²) in [5, 5.41) is 2.18. The fourth-order valence-electron chi connectivity index (χ4n) is 1.42. The molecule has 0 bridgehead atoms. The van der Waals surface area contributed by atoms with E-state index in [1.165, 1.54) is 0 Å². The maximum absolute atomic E-state index is 10.6. The van der Waals surface area contributed by atoms with Gasteiger partial charge in [0.05, 0.1) is 13.7 Å². The molecular weight excluding hydrogens is 220 g/mol. The van der Waals surface area contributed by atoms with Gasteiger partial charge in [0.2, 0.25) is 0 Å². The number of benzene rings is 1. The summed E-state index contributed by atoms with van der Waals surface area (Å²) in [4.78, 5) is 10.6. The van der Waals surface area contributed by atoms with E-state index in [1.54, 1.807) is 13.2 Å². The lowest BCUT2D eigenvalue weighted by molar-refractivity contribution is -0.667. The molecule has 0 fully saturated rings. The van der Waals surface area contributed by atoms with Crippen molar-refractivity contribution in [2.24, 2.45) is 5.73 Å². The summed E-state index contributed by atoms with van der Waals surface area (Å²) in [5.41, 5.74) is 6.17. The van der Waals surface area contributed by atoms with Crippen LogP contribution in [0.1, 0.15) is 12.5 Å². The van der Waals surface area contributed by atoms with E-state index < -0.39 is 5.91 Å². The Morgan fingerprint density at radius 3 is 2.76 bits per heavy atom. The molecule has 17 heavy (non-hydrogen) atoms. The van der Waals surface area contributed by atoms with Crippen LogP contribution in [0.3, 0.4) is 0 Å². The van der Waals surface area contributed by atoms with E-state index in [1.807, 2.05) is 12.1 Å². The van der Waals surface area contributed by atoms with Gasteiger partial charge in [-0.2, -0.15) is 0 Å². The van der Waals surface area contributed by atoms with Gasteiger partial charge < -0.3 is 20.5 Å². The molecule has 0 saturated carbocycles. The number of amides is 1. The maximum Gasteiger partial charge on any atom is 0.255 e. The zero-order valence-electron chi connectivity index (χ0n) is 10.2. The molecule has 1 aromatic carbocycles. The van der Waals surface area contributed by atoms with Crippen LogP contribution < -0.4 is 20.5 Å². The Bertz CT molecular complexity index is 380. The molecule has 0 heterocycles. The van der Waals surface area contributed by atoms with E-state index >= 15 is 0 Å². The van der Waals surface area contributed by atoms with E-state index in [0.717, 1.165) is 18.7 Å². The number of hydrogen-bond donors (Lipinski definition) is 2. The average Bonchev–Trinajstić information content (AvgIpc) is 2.34. The molecule has 0 radical (unpaired) electrons. The summed E-state index contributed by atoms with van der Waals surface area (Å²) in [6.45, 7) is 3.88. The van der Waals surface area contributed by atoms with Crippen LogP contribution in [-0.2, 0) is 11.3 Å². The predicted molar refractivity (Wildman–Crippen MR) is 63.9 cm³/mol. The Kier molecular flexibility index (Phi) is 5.29. The van der Waals surface area contributed by atoms with Gasteiger partial charge in [-0.3, -0.25) is 4.79 Å². The molecule has 0 saturated heterocycles. The van der Waals surface area contributed by atoms with Crippen LogP contribution in [0.15, 0.2) is 18.2 Å². The van der Waals surface area contributed by atoms with Crippen molar-refractivity contribution in [1.29, 1.82) is 0 Å². The zero-order valence-corrected chi connectivity index (χ0v) is 10.2. The van der Waals surface area contributed by atoms with Gasteiger partial charge in [0.15, 0.2) is 18.1 Å². The quantitative estimate of drug-likeness (QED) is 0.682. The minimum absolute atomic E-state index is 0.142. The summed E-state index contributed by atoms with van der Waals surface area (Å²) in [6, 6.07) is 5.65. The monoisotopic (exact) mass is 239 g/mol. The number of ether oxygens (including phenoxy) is 2. The number of rotatable bonds is 7. The molecule has 5 nitrogen and oxygen atoms in total. The first-order chi connectivity index (χ1) is 8.17. The van der Waals surface area contributed by atoms with Crippen LogP contribution >= 0.6 is 0 Å². The van der Waals surface area contributed by atoms with Crippen molar-refractivity contribution in [1.82, 2.24) is 0 Å². The van der Waals surface area contributed by atoms with Crippen molar-refractivity contribution in [3.05, 3.63) is 23.8 Å². The second kappa shape index (κ2) is 6.75. The van der Waals surface area contributed by atoms with Gasteiger partial charge in [0.25, 0.3) is 5.91 Å². The van der Waals surface area contributed by atoms with Gasteiger partial charge >= 0.3 is 0 Å². The molecule has 4 N–H and O–H groups in total. The van der Waals surface area contributed by atoms with Gasteiger partial charge in [0, 0.05) is 5.56 Å². The topological polar surface area (TPSA) is 78.2 Å². The van der Waals surface area contributed by atoms with Crippen LogP contribution in [-0.4, -0.2) is 26.2 Å². The third kappa shape index (κ3) is 4.32. The Morgan fingerprint density at radius 2 is 2.18 bits per heavy atom. The average molecular weight is 239 g/mol. The van der Waals surface area contributed by atoms with Crippen molar-refractivity contribution >= 4 is 5.91 Å². The number of hydrogen-bond acceptors (Lipinski definition) is 3. The Labute approximate surface area is 101 Å². The summed E-state index contributed by atoms with van der Waals surface area (Å²) in [6.07, 6.45) is 0. The smallest absolute Gasteiger partial charge is 0.255 e. The predicted octanol–water partition coefficient (Wildman–Crippen LogP) is -0.357.